The number of halogens is 1. The van der Waals surface area contributed by atoms with Gasteiger partial charge in [0, 0.05) is 11.1 Å². The van der Waals surface area contributed by atoms with E-state index in [4.69, 9.17) is 4.74 Å². The van der Waals surface area contributed by atoms with Crippen LogP contribution in [0.2, 0.25) is 0 Å². The van der Waals surface area contributed by atoms with Gasteiger partial charge in [-0.2, -0.15) is 0 Å². The van der Waals surface area contributed by atoms with Crippen LogP contribution in [0.15, 0.2) is 24.3 Å². The zero-order valence-electron chi connectivity index (χ0n) is 10.3. The van der Waals surface area contributed by atoms with Crippen LogP contribution < -0.4 is 5.32 Å². The Labute approximate surface area is 101 Å². The van der Waals surface area contributed by atoms with Crippen LogP contribution >= 0.6 is 0 Å². The molecule has 94 valence electrons. The molecule has 0 amide bonds. The van der Waals surface area contributed by atoms with E-state index in [2.05, 4.69) is 5.32 Å². The summed E-state index contributed by atoms with van der Waals surface area (Å²) in [4.78, 5) is 0. The standard InChI is InChI=1S/C13H18FNO2/c1-9-13(16,17-8-12(2,3)15-9)10-4-6-11(14)7-5-10/h4-7,9,15-16H,8H2,1-3H3/t9-,13+/m1/s1. The van der Waals surface area contributed by atoms with E-state index in [0.29, 0.717) is 12.2 Å². The maximum absolute atomic E-state index is 12.9. The van der Waals surface area contributed by atoms with Crippen LogP contribution in [-0.4, -0.2) is 23.3 Å². The Morgan fingerprint density at radius 3 is 2.47 bits per heavy atom. The molecule has 3 nitrogen and oxygen atoms in total. The van der Waals surface area contributed by atoms with Crippen LogP contribution in [0.3, 0.4) is 0 Å². The van der Waals surface area contributed by atoms with Gasteiger partial charge in [-0.25, -0.2) is 4.39 Å². The number of nitrogens with one attached hydrogen (secondary N) is 1. The highest BCUT2D eigenvalue weighted by Crippen LogP contribution is 2.32. The second-order valence-corrected chi connectivity index (χ2v) is 5.24. The number of ether oxygens (including phenoxy) is 1. The zero-order valence-corrected chi connectivity index (χ0v) is 10.3. The molecule has 0 bridgehead atoms. The lowest BCUT2D eigenvalue weighted by molar-refractivity contribution is -0.263. The summed E-state index contributed by atoms with van der Waals surface area (Å²) >= 11 is 0. The van der Waals surface area contributed by atoms with Crippen LogP contribution in [0.5, 0.6) is 0 Å². The number of aliphatic hydroxyl groups is 1. The average molecular weight is 239 g/mol. The molecule has 0 aromatic heterocycles. The second-order valence-electron chi connectivity index (χ2n) is 5.24. The molecule has 0 aliphatic carbocycles. The summed E-state index contributed by atoms with van der Waals surface area (Å²) in [6, 6.07) is 5.47. The van der Waals surface area contributed by atoms with Crippen molar-refractivity contribution in [2.45, 2.75) is 38.1 Å². The van der Waals surface area contributed by atoms with Gasteiger partial charge >= 0.3 is 0 Å². The fourth-order valence-corrected chi connectivity index (χ4v) is 2.16. The van der Waals surface area contributed by atoms with Crippen LogP contribution in [0.1, 0.15) is 26.3 Å². The van der Waals surface area contributed by atoms with Gasteiger partial charge in [0.05, 0.1) is 12.6 Å². The minimum absolute atomic E-state index is 0.175. The van der Waals surface area contributed by atoms with Crippen LogP contribution in [0.25, 0.3) is 0 Å². The van der Waals surface area contributed by atoms with E-state index in [1.54, 1.807) is 12.1 Å². The molecule has 1 aliphatic rings. The first-order chi connectivity index (χ1) is 7.83. The Bertz CT molecular complexity index is 404. The first-order valence-electron chi connectivity index (χ1n) is 5.74. The molecule has 0 radical (unpaired) electrons. The van der Waals surface area contributed by atoms with Crippen molar-refractivity contribution in [3.63, 3.8) is 0 Å². The van der Waals surface area contributed by atoms with Gasteiger partial charge in [0.1, 0.15) is 5.82 Å². The summed E-state index contributed by atoms with van der Waals surface area (Å²) < 4.78 is 18.5. The summed E-state index contributed by atoms with van der Waals surface area (Å²) in [6.45, 7) is 6.26. The molecule has 1 heterocycles. The van der Waals surface area contributed by atoms with Crippen LogP contribution in [0, 0.1) is 5.82 Å². The second kappa shape index (κ2) is 4.05. The SMILES string of the molecule is C[C@H]1NC(C)(C)CO[C@]1(O)c1ccc(F)cc1. The van der Waals surface area contributed by atoms with Crippen LogP contribution in [-0.2, 0) is 10.5 Å². The lowest BCUT2D eigenvalue weighted by atomic mass is 9.92. The first kappa shape index (κ1) is 12.5. The molecule has 1 fully saturated rings. The molecule has 2 rings (SSSR count). The van der Waals surface area contributed by atoms with Crippen molar-refractivity contribution in [3.05, 3.63) is 35.6 Å². The maximum atomic E-state index is 12.9. The van der Waals surface area contributed by atoms with Gasteiger partial charge in [-0.05, 0) is 32.9 Å². The predicted octanol–water partition coefficient (Wildman–Crippen LogP) is 1.76. The Balaban J connectivity index is 2.28. The third-order valence-corrected chi connectivity index (χ3v) is 3.11. The third-order valence-electron chi connectivity index (χ3n) is 3.11. The number of rotatable bonds is 1. The lowest BCUT2D eigenvalue weighted by Gasteiger charge is -2.46. The van der Waals surface area contributed by atoms with E-state index < -0.39 is 5.79 Å². The Morgan fingerprint density at radius 1 is 1.35 bits per heavy atom. The normalized spacial score (nSPS) is 32.4. The molecule has 2 atom stereocenters. The smallest absolute Gasteiger partial charge is 0.208 e. The van der Waals surface area contributed by atoms with Gasteiger partial charge in [0.2, 0.25) is 5.79 Å². The van der Waals surface area contributed by atoms with E-state index >= 15 is 0 Å². The quantitative estimate of drug-likeness (QED) is 0.784. The van der Waals surface area contributed by atoms with Crippen molar-refractivity contribution in [1.29, 1.82) is 0 Å². The van der Waals surface area contributed by atoms with E-state index in [1.807, 2.05) is 20.8 Å². The summed E-state index contributed by atoms with van der Waals surface area (Å²) in [7, 11) is 0. The Kier molecular flexibility index (Phi) is 2.97. The summed E-state index contributed by atoms with van der Waals surface area (Å²) in [5.41, 5.74) is 0.389. The number of hydrogen-bond acceptors (Lipinski definition) is 3. The fourth-order valence-electron chi connectivity index (χ4n) is 2.16. The fraction of sp³-hybridized carbons (Fsp3) is 0.538. The van der Waals surface area contributed by atoms with Crippen molar-refractivity contribution < 1.29 is 14.2 Å². The van der Waals surface area contributed by atoms with E-state index in [-0.39, 0.29) is 17.4 Å². The van der Waals surface area contributed by atoms with Crippen molar-refractivity contribution in [3.8, 4) is 0 Å². The molecule has 4 heteroatoms. The monoisotopic (exact) mass is 239 g/mol. The van der Waals surface area contributed by atoms with Crippen molar-refractivity contribution in [1.82, 2.24) is 5.32 Å². The minimum Gasteiger partial charge on any atom is -0.361 e. The average Bonchev–Trinajstić information content (AvgIpc) is 2.25. The molecule has 0 spiro atoms. The minimum atomic E-state index is -1.40. The van der Waals surface area contributed by atoms with Gasteiger partial charge in [0.15, 0.2) is 0 Å². The van der Waals surface area contributed by atoms with Crippen molar-refractivity contribution in [2.75, 3.05) is 6.61 Å². The lowest BCUT2D eigenvalue weighted by Crippen LogP contribution is -2.63. The van der Waals surface area contributed by atoms with E-state index in [9.17, 15) is 9.50 Å². The molecule has 1 saturated heterocycles. The topological polar surface area (TPSA) is 41.5 Å². The molecule has 1 aromatic rings. The third kappa shape index (κ3) is 2.34. The zero-order chi connectivity index (χ0) is 12.7. The highest BCUT2D eigenvalue weighted by molar-refractivity contribution is 5.23. The summed E-state index contributed by atoms with van der Waals surface area (Å²) in [5.74, 6) is -1.72. The Morgan fingerprint density at radius 2 is 1.94 bits per heavy atom. The molecule has 2 N–H and O–H groups in total. The number of benzene rings is 1. The largest absolute Gasteiger partial charge is 0.361 e. The van der Waals surface area contributed by atoms with Gasteiger partial charge in [-0.3, -0.25) is 0 Å². The van der Waals surface area contributed by atoms with E-state index in [0.717, 1.165) is 0 Å². The van der Waals surface area contributed by atoms with Crippen molar-refractivity contribution >= 4 is 0 Å². The van der Waals surface area contributed by atoms with Gasteiger partial charge < -0.3 is 15.2 Å². The van der Waals surface area contributed by atoms with Gasteiger partial charge in [-0.15, -0.1) is 0 Å². The van der Waals surface area contributed by atoms with Gasteiger partial charge in [-0.1, -0.05) is 12.1 Å². The molecule has 1 aromatic carbocycles. The van der Waals surface area contributed by atoms with E-state index in [1.165, 1.54) is 12.1 Å². The molecule has 17 heavy (non-hydrogen) atoms. The van der Waals surface area contributed by atoms with Gasteiger partial charge in [0.25, 0.3) is 0 Å². The number of morpholine rings is 1. The molecular formula is C13H18FNO2. The maximum Gasteiger partial charge on any atom is 0.208 e. The van der Waals surface area contributed by atoms with Crippen LogP contribution in [0.4, 0.5) is 4.39 Å². The highest BCUT2D eigenvalue weighted by atomic mass is 19.1. The predicted molar refractivity (Wildman–Crippen MR) is 62.9 cm³/mol. The summed E-state index contributed by atoms with van der Waals surface area (Å²) in [5, 5.41) is 13.8. The summed E-state index contributed by atoms with van der Waals surface area (Å²) in [6.07, 6.45) is 0. The molecule has 0 saturated carbocycles. The molecule has 1 aliphatic heterocycles. The molecule has 0 unspecified atom stereocenters. The molecular weight excluding hydrogens is 221 g/mol. The highest BCUT2D eigenvalue weighted by Gasteiger charge is 2.44. The van der Waals surface area contributed by atoms with Crippen molar-refractivity contribution in [2.24, 2.45) is 0 Å². The Hall–Kier alpha value is -0.970. The first-order valence-corrected chi connectivity index (χ1v) is 5.74. The number of hydrogen-bond donors (Lipinski definition) is 2.